The van der Waals surface area contributed by atoms with Crippen LogP contribution in [0.15, 0.2) is 36.4 Å². The Balaban J connectivity index is 1.91. The molecule has 2 aromatic rings. The molecule has 5 N–H and O–H groups in total. The minimum atomic E-state index is -0.397. The van der Waals surface area contributed by atoms with E-state index >= 15 is 0 Å². The highest BCUT2D eigenvalue weighted by Gasteiger charge is 2.12. The van der Waals surface area contributed by atoms with Gasteiger partial charge < -0.3 is 25.7 Å². The summed E-state index contributed by atoms with van der Waals surface area (Å²) in [6, 6.07) is 7.40. The zero-order valence-electron chi connectivity index (χ0n) is 12.0. The van der Waals surface area contributed by atoms with Crippen LogP contribution in [0.25, 0.3) is 0 Å². The summed E-state index contributed by atoms with van der Waals surface area (Å²) in [6.07, 6.45) is 0. The lowest BCUT2D eigenvalue weighted by Gasteiger charge is -2.06. The van der Waals surface area contributed by atoms with E-state index in [9.17, 15) is 30.0 Å². The predicted octanol–water partition coefficient (Wildman–Crippen LogP) is 1.16. The third-order valence-electron chi connectivity index (χ3n) is 3.17. The van der Waals surface area contributed by atoms with Crippen LogP contribution in [-0.4, -0.2) is 45.1 Å². The Labute approximate surface area is 131 Å². The molecule has 0 saturated heterocycles. The van der Waals surface area contributed by atoms with Gasteiger partial charge in [0.2, 0.25) is 0 Å². The number of aromatic hydroxyl groups is 4. The van der Waals surface area contributed by atoms with E-state index in [2.05, 4.69) is 5.32 Å². The number of carbonyl (C=O) groups is 2. The van der Waals surface area contributed by atoms with Crippen LogP contribution in [0.1, 0.15) is 20.7 Å². The summed E-state index contributed by atoms with van der Waals surface area (Å²) in [5, 5.41) is 39.7. The second-order valence-corrected chi connectivity index (χ2v) is 4.86. The summed E-state index contributed by atoms with van der Waals surface area (Å²) < 4.78 is 0. The molecule has 23 heavy (non-hydrogen) atoms. The van der Waals surface area contributed by atoms with Crippen molar-refractivity contribution in [3.05, 3.63) is 47.5 Å². The molecular formula is C16H15NO6. The van der Waals surface area contributed by atoms with Gasteiger partial charge in [-0.15, -0.1) is 0 Å². The van der Waals surface area contributed by atoms with Crippen LogP contribution in [0, 0.1) is 0 Å². The molecule has 0 aliphatic heterocycles. The SMILES string of the molecule is O=C(CNCC(=O)c1ccc(O)c(O)c1)c1ccc(O)c(O)c1. The molecule has 0 atom stereocenters. The summed E-state index contributed by atoms with van der Waals surface area (Å²) in [5.41, 5.74) is 0.394. The topological polar surface area (TPSA) is 127 Å². The van der Waals surface area contributed by atoms with E-state index in [1.165, 1.54) is 24.3 Å². The molecule has 0 unspecified atom stereocenters. The van der Waals surface area contributed by atoms with E-state index in [4.69, 9.17) is 0 Å². The van der Waals surface area contributed by atoms with Crippen LogP contribution in [0.3, 0.4) is 0 Å². The van der Waals surface area contributed by atoms with Crippen LogP contribution >= 0.6 is 0 Å². The fourth-order valence-corrected chi connectivity index (χ4v) is 1.89. The molecule has 0 amide bonds. The second kappa shape index (κ2) is 6.80. The number of phenolic OH excluding ortho intramolecular Hbond substituents is 4. The quantitative estimate of drug-likeness (QED) is 0.399. The monoisotopic (exact) mass is 317 g/mol. The first-order valence-electron chi connectivity index (χ1n) is 6.69. The molecule has 0 radical (unpaired) electrons. The number of rotatable bonds is 6. The molecule has 7 nitrogen and oxygen atoms in total. The lowest BCUT2D eigenvalue weighted by molar-refractivity contribution is 0.0969. The van der Waals surface area contributed by atoms with Gasteiger partial charge in [-0.25, -0.2) is 0 Å². The third kappa shape index (κ3) is 3.98. The first-order chi connectivity index (χ1) is 10.9. The summed E-state index contributed by atoms with van der Waals surface area (Å²) in [7, 11) is 0. The molecule has 2 rings (SSSR count). The van der Waals surface area contributed by atoms with Crippen molar-refractivity contribution in [2.75, 3.05) is 13.1 Å². The van der Waals surface area contributed by atoms with Crippen LogP contribution in [-0.2, 0) is 0 Å². The van der Waals surface area contributed by atoms with Gasteiger partial charge in [-0.1, -0.05) is 0 Å². The Bertz CT molecular complexity index is 693. The molecule has 7 heteroatoms. The molecule has 0 saturated carbocycles. The minimum Gasteiger partial charge on any atom is -0.504 e. The van der Waals surface area contributed by atoms with Gasteiger partial charge in [-0.05, 0) is 36.4 Å². The molecule has 2 aromatic carbocycles. The van der Waals surface area contributed by atoms with E-state index in [-0.39, 0.29) is 47.3 Å². The average Bonchev–Trinajstić information content (AvgIpc) is 2.52. The smallest absolute Gasteiger partial charge is 0.176 e. The number of ketones is 2. The van der Waals surface area contributed by atoms with E-state index in [1.807, 2.05) is 0 Å². The van der Waals surface area contributed by atoms with Crippen LogP contribution in [0.5, 0.6) is 23.0 Å². The predicted molar refractivity (Wildman–Crippen MR) is 81.1 cm³/mol. The van der Waals surface area contributed by atoms with Crippen molar-refractivity contribution in [3.63, 3.8) is 0 Å². The van der Waals surface area contributed by atoms with Gasteiger partial charge in [-0.2, -0.15) is 0 Å². The number of benzene rings is 2. The van der Waals surface area contributed by atoms with Crippen LogP contribution in [0.4, 0.5) is 0 Å². The highest BCUT2D eigenvalue weighted by Crippen LogP contribution is 2.25. The first kappa shape index (κ1) is 16.3. The zero-order valence-corrected chi connectivity index (χ0v) is 12.0. The van der Waals surface area contributed by atoms with E-state index in [0.29, 0.717) is 0 Å². The normalized spacial score (nSPS) is 10.4. The summed E-state index contributed by atoms with van der Waals surface area (Å²) in [6.45, 7) is -0.278. The van der Waals surface area contributed by atoms with Gasteiger partial charge in [0, 0.05) is 11.1 Å². The summed E-state index contributed by atoms with van der Waals surface area (Å²) in [4.78, 5) is 23.8. The van der Waals surface area contributed by atoms with Gasteiger partial charge >= 0.3 is 0 Å². The molecule has 0 heterocycles. The molecule has 0 aliphatic carbocycles. The number of hydrogen-bond acceptors (Lipinski definition) is 7. The Morgan fingerprint density at radius 1 is 0.696 bits per heavy atom. The highest BCUT2D eigenvalue weighted by atomic mass is 16.3. The largest absolute Gasteiger partial charge is 0.504 e. The van der Waals surface area contributed by atoms with Crippen LogP contribution < -0.4 is 5.32 Å². The van der Waals surface area contributed by atoms with Crippen molar-refractivity contribution in [1.29, 1.82) is 0 Å². The van der Waals surface area contributed by atoms with Gasteiger partial charge in [0.15, 0.2) is 34.6 Å². The molecule has 0 fully saturated rings. The van der Waals surface area contributed by atoms with Crippen molar-refractivity contribution in [1.82, 2.24) is 5.32 Å². The van der Waals surface area contributed by atoms with E-state index in [1.54, 1.807) is 0 Å². The van der Waals surface area contributed by atoms with Gasteiger partial charge in [0.25, 0.3) is 0 Å². The summed E-state index contributed by atoms with van der Waals surface area (Å²) >= 11 is 0. The zero-order chi connectivity index (χ0) is 17.0. The van der Waals surface area contributed by atoms with E-state index in [0.717, 1.165) is 12.1 Å². The Hall–Kier alpha value is -3.06. The first-order valence-corrected chi connectivity index (χ1v) is 6.69. The second-order valence-electron chi connectivity index (χ2n) is 4.86. The van der Waals surface area contributed by atoms with Gasteiger partial charge in [-0.3, -0.25) is 9.59 Å². The van der Waals surface area contributed by atoms with Gasteiger partial charge in [0.1, 0.15) is 0 Å². The number of nitrogens with one attached hydrogen (secondary N) is 1. The minimum absolute atomic E-state index is 0.139. The number of phenols is 4. The Morgan fingerprint density at radius 2 is 1.09 bits per heavy atom. The Kier molecular flexibility index (Phi) is 4.82. The van der Waals surface area contributed by atoms with Crippen LogP contribution in [0.2, 0.25) is 0 Å². The third-order valence-corrected chi connectivity index (χ3v) is 3.17. The van der Waals surface area contributed by atoms with Gasteiger partial charge in [0.05, 0.1) is 13.1 Å². The molecular weight excluding hydrogens is 302 g/mol. The molecule has 0 spiro atoms. The van der Waals surface area contributed by atoms with E-state index < -0.39 is 11.5 Å². The lowest BCUT2D eigenvalue weighted by Crippen LogP contribution is -2.28. The number of Topliss-reactive ketones (excluding diaryl/α,β-unsaturated/α-hetero) is 2. The van der Waals surface area contributed by atoms with Crippen molar-refractivity contribution in [3.8, 4) is 23.0 Å². The maximum Gasteiger partial charge on any atom is 0.176 e. The van der Waals surface area contributed by atoms with Crippen molar-refractivity contribution < 1.29 is 30.0 Å². The fourth-order valence-electron chi connectivity index (χ4n) is 1.89. The number of carbonyl (C=O) groups excluding carboxylic acids is 2. The average molecular weight is 317 g/mol. The lowest BCUT2D eigenvalue weighted by atomic mass is 10.1. The number of hydrogen-bond donors (Lipinski definition) is 5. The molecule has 0 aliphatic rings. The van der Waals surface area contributed by atoms with Crippen molar-refractivity contribution >= 4 is 11.6 Å². The maximum atomic E-state index is 11.9. The molecule has 120 valence electrons. The standard InChI is InChI=1S/C16H15NO6/c18-11-3-1-9(5-13(11)20)15(22)7-17-8-16(23)10-2-4-12(19)14(21)6-10/h1-6,17-21H,7-8H2. The molecule has 0 aromatic heterocycles. The maximum absolute atomic E-state index is 11.9. The molecule has 0 bridgehead atoms. The fraction of sp³-hybridized carbons (Fsp3) is 0.125. The van der Waals surface area contributed by atoms with Crippen molar-refractivity contribution in [2.45, 2.75) is 0 Å². The highest BCUT2D eigenvalue weighted by molar-refractivity contribution is 6.00. The summed E-state index contributed by atoms with van der Waals surface area (Å²) in [5.74, 6) is -2.16. The van der Waals surface area contributed by atoms with Crippen molar-refractivity contribution in [2.24, 2.45) is 0 Å². The Morgan fingerprint density at radius 3 is 1.43 bits per heavy atom.